The van der Waals surface area contributed by atoms with Crippen molar-refractivity contribution in [2.24, 2.45) is 11.8 Å². The molecule has 88 valence electrons. The molecule has 6 nitrogen and oxygen atoms in total. The molecule has 0 bridgehead atoms. The number of aliphatic carboxylic acids is 1. The first-order chi connectivity index (χ1) is 7.58. The molecule has 2 unspecified atom stereocenters. The van der Waals surface area contributed by atoms with Gasteiger partial charge in [0.1, 0.15) is 11.4 Å². The van der Waals surface area contributed by atoms with E-state index >= 15 is 0 Å². The Kier molecular flexibility index (Phi) is 2.91. The third-order valence-electron chi connectivity index (χ3n) is 3.12. The van der Waals surface area contributed by atoms with E-state index in [1.54, 1.807) is 0 Å². The number of nitrogens with zero attached hydrogens (tertiary/aromatic N) is 3. The Balaban J connectivity index is 1.99. The van der Waals surface area contributed by atoms with Crippen LogP contribution >= 0.6 is 0 Å². The molecular formula is C10H15N3O3. The number of carboxylic acid groups (broad SMARTS) is 1. The number of carboxylic acids is 1. The Morgan fingerprint density at radius 2 is 2.31 bits per heavy atom. The van der Waals surface area contributed by atoms with Gasteiger partial charge in [-0.2, -0.15) is 0 Å². The third-order valence-corrected chi connectivity index (χ3v) is 3.12. The minimum Gasteiger partial charge on any atom is -0.481 e. The van der Waals surface area contributed by atoms with Crippen LogP contribution in [0.3, 0.4) is 0 Å². The van der Waals surface area contributed by atoms with Crippen LogP contribution in [0.15, 0.2) is 4.63 Å². The molecule has 0 amide bonds. The van der Waals surface area contributed by atoms with E-state index in [-0.39, 0.29) is 11.8 Å². The fourth-order valence-corrected chi connectivity index (χ4v) is 2.12. The van der Waals surface area contributed by atoms with E-state index in [0.717, 1.165) is 17.9 Å². The summed E-state index contributed by atoms with van der Waals surface area (Å²) < 4.78 is 4.61. The van der Waals surface area contributed by atoms with Gasteiger partial charge in [-0.1, -0.05) is 17.2 Å². The zero-order valence-electron chi connectivity index (χ0n) is 9.38. The molecule has 0 aromatic carbocycles. The molecule has 1 N–H and O–H groups in total. The molecule has 2 heterocycles. The largest absolute Gasteiger partial charge is 0.481 e. The average molecular weight is 225 g/mol. The lowest BCUT2D eigenvalue weighted by Crippen LogP contribution is -2.23. The van der Waals surface area contributed by atoms with E-state index in [1.807, 2.05) is 13.8 Å². The highest BCUT2D eigenvalue weighted by Gasteiger charge is 2.35. The Hall–Kier alpha value is -1.43. The van der Waals surface area contributed by atoms with Crippen molar-refractivity contribution in [3.63, 3.8) is 0 Å². The lowest BCUT2D eigenvalue weighted by molar-refractivity contribution is -0.142. The number of hydrogen-bond acceptors (Lipinski definition) is 5. The number of aromatic nitrogens is 2. The van der Waals surface area contributed by atoms with E-state index in [0.29, 0.717) is 13.1 Å². The fourth-order valence-electron chi connectivity index (χ4n) is 2.12. The van der Waals surface area contributed by atoms with Gasteiger partial charge in [-0.3, -0.25) is 9.69 Å². The molecule has 1 fully saturated rings. The minimum absolute atomic E-state index is 0.178. The van der Waals surface area contributed by atoms with Gasteiger partial charge in [0.05, 0.1) is 5.92 Å². The molecule has 2 atom stereocenters. The Morgan fingerprint density at radius 3 is 2.81 bits per heavy atom. The van der Waals surface area contributed by atoms with Crippen LogP contribution in [0.2, 0.25) is 0 Å². The molecule has 16 heavy (non-hydrogen) atoms. The van der Waals surface area contributed by atoms with Crippen molar-refractivity contribution in [3.05, 3.63) is 11.4 Å². The first-order valence-electron chi connectivity index (χ1n) is 5.31. The summed E-state index contributed by atoms with van der Waals surface area (Å²) in [5.41, 5.74) is 1.56. The second-order valence-electron chi connectivity index (χ2n) is 4.41. The average Bonchev–Trinajstić information content (AvgIpc) is 2.75. The second kappa shape index (κ2) is 4.21. The van der Waals surface area contributed by atoms with Gasteiger partial charge < -0.3 is 5.11 Å². The van der Waals surface area contributed by atoms with Crippen LogP contribution in [-0.4, -0.2) is 39.4 Å². The first-order valence-corrected chi connectivity index (χ1v) is 5.31. The summed E-state index contributed by atoms with van der Waals surface area (Å²) in [5, 5.41) is 16.5. The van der Waals surface area contributed by atoms with E-state index < -0.39 is 5.97 Å². The van der Waals surface area contributed by atoms with Gasteiger partial charge in [-0.05, 0) is 12.8 Å². The summed E-state index contributed by atoms with van der Waals surface area (Å²) in [4.78, 5) is 13.0. The maximum absolute atomic E-state index is 11.0. The molecule has 0 radical (unpaired) electrons. The zero-order chi connectivity index (χ0) is 11.7. The molecule has 1 aliphatic heterocycles. The lowest BCUT2D eigenvalue weighted by Gasteiger charge is -2.12. The van der Waals surface area contributed by atoms with E-state index in [9.17, 15) is 4.79 Å². The summed E-state index contributed by atoms with van der Waals surface area (Å²) >= 11 is 0. The van der Waals surface area contributed by atoms with Crippen LogP contribution in [0.4, 0.5) is 0 Å². The van der Waals surface area contributed by atoms with E-state index in [1.165, 1.54) is 0 Å². The van der Waals surface area contributed by atoms with Crippen molar-refractivity contribution in [3.8, 4) is 0 Å². The summed E-state index contributed by atoms with van der Waals surface area (Å²) in [7, 11) is 0. The Labute approximate surface area is 93.2 Å². The highest BCUT2D eigenvalue weighted by atomic mass is 16.6. The zero-order valence-corrected chi connectivity index (χ0v) is 9.38. The van der Waals surface area contributed by atoms with Crippen molar-refractivity contribution in [2.45, 2.75) is 20.4 Å². The highest BCUT2D eigenvalue weighted by Crippen LogP contribution is 2.24. The number of likely N-dealkylation sites (tertiary alicyclic amines) is 1. The summed E-state index contributed by atoms with van der Waals surface area (Å²) in [6.45, 7) is 5.77. The predicted octanol–water partition coefficient (Wildman–Crippen LogP) is 0.531. The maximum Gasteiger partial charge on any atom is 0.308 e. The van der Waals surface area contributed by atoms with Crippen molar-refractivity contribution >= 4 is 5.97 Å². The lowest BCUT2D eigenvalue weighted by atomic mass is 9.99. The first kappa shape index (κ1) is 11.1. The highest BCUT2D eigenvalue weighted by molar-refractivity contribution is 5.71. The predicted molar refractivity (Wildman–Crippen MR) is 54.6 cm³/mol. The standard InChI is InChI=1S/C10H15N3O3/c1-6-3-13(4-8(6)10(14)15)5-9-7(2)11-16-12-9/h6,8H,3-5H2,1-2H3,(H,14,15). The van der Waals surface area contributed by atoms with Gasteiger partial charge in [0.2, 0.25) is 0 Å². The summed E-state index contributed by atoms with van der Waals surface area (Å²) in [6, 6.07) is 0. The smallest absolute Gasteiger partial charge is 0.308 e. The summed E-state index contributed by atoms with van der Waals surface area (Å²) in [5.74, 6) is -0.817. The van der Waals surface area contributed by atoms with E-state index in [4.69, 9.17) is 5.11 Å². The Morgan fingerprint density at radius 1 is 1.56 bits per heavy atom. The van der Waals surface area contributed by atoms with Crippen molar-refractivity contribution in [1.29, 1.82) is 0 Å². The molecule has 0 aliphatic carbocycles. The van der Waals surface area contributed by atoms with Crippen molar-refractivity contribution < 1.29 is 14.5 Å². The molecule has 1 aromatic rings. The van der Waals surface area contributed by atoms with Gasteiger partial charge in [0, 0.05) is 19.6 Å². The van der Waals surface area contributed by atoms with Gasteiger partial charge in [-0.15, -0.1) is 0 Å². The van der Waals surface area contributed by atoms with Crippen molar-refractivity contribution in [2.75, 3.05) is 13.1 Å². The topological polar surface area (TPSA) is 79.5 Å². The SMILES string of the molecule is Cc1nonc1CN1CC(C)C(C(=O)O)C1. The minimum atomic E-state index is -0.718. The van der Waals surface area contributed by atoms with Gasteiger partial charge in [-0.25, -0.2) is 4.63 Å². The quantitative estimate of drug-likeness (QED) is 0.808. The van der Waals surface area contributed by atoms with Crippen LogP contribution in [0.5, 0.6) is 0 Å². The van der Waals surface area contributed by atoms with Gasteiger partial charge >= 0.3 is 5.97 Å². The second-order valence-corrected chi connectivity index (χ2v) is 4.41. The maximum atomic E-state index is 11.0. The van der Waals surface area contributed by atoms with Crippen LogP contribution in [0.1, 0.15) is 18.3 Å². The molecule has 0 spiro atoms. The normalized spacial score (nSPS) is 26.1. The van der Waals surface area contributed by atoms with Gasteiger partial charge in [0.15, 0.2) is 0 Å². The number of carbonyl (C=O) groups is 1. The Bertz CT molecular complexity index is 390. The molecule has 1 aliphatic rings. The molecule has 6 heteroatoms. The van der Waals surface area contributed by atoms with Crippen LogP contribution in [0, 0.1) is 18.8 Å². The van der Waals surface area contributed by atoms with Crippen LogP contribution < -0.4 is 0 Å². The summed E-state index contributed by atoms with van der Waals surface area (Å²) in [6.07, 6.45) is 0. The monoisotopic (exact) mass is 225 g/mol. The third kappa shape index (κ3) is 2.06. The van der Waals surface area contributed by atoms with Gasteiger partial charge in [0.25, 0.3) is 0 Å². The fraction of sp³-hybridized carbons (Fsp3) is 0.700. The number of rotatable bonds is 3. The molecule has 2 rings (SSSR count). The number of aryl methyl sites for hydroxylation is 1. The molecular weight excluding hydrogens is 210 g/mol. The molecule has 1 aromatic heterocycles. The van der Waals surface area contributed by atoms with Crippen molar-refractivity contribution in [1.82, 2.24) is 15.2 Å². The van der Waals surface area contributed by atoms with Crippen LogP contribution in [-0.2, 0) is 11.3 Å². The number of hydrogen-bond donors (Lipinski definition) is 1. The van der Waals surface area contributed by atoms with E-state index in [2.05, 4.69) is 19.8 Å². The molecule has 0 saturated carbocycles. The molecule has 1 saturated heterocycles. The van der Waals surface area contributed by atoms with Crippen LogP contribution in [0.25, 0.3) is 0 Å².